The van der Waals surface area contributed by atoms with E-state index in [0.717, 1.165) is 19.5 Å². The molecule has 16 heavy (non-hydrogen) atoms. The average molecular weight is 227 g/mol. The maximum absolute atomic E-state index is 11.4. The monoisotopic (exact) mass is 227 g/mol. The predicted octanol–water partition coefficient (Wildman–Crippen LogP) is -0.277. The molecule has 0 bridgehead atoms. The van der Waals surface area contributed by atoms with Gasteiger partial charge in [0.05, 0.1) is 0 Å². The highest BCUT2D eigenvalue weighted by atomic mass is 16.2. The van der Waals surface area contributed by atoms with E-state index in [1.807, 2.05) is 13.8 Å². The molecule has 0 saturated carbocycles. The molecule has 5 heteroatoms. The third kappa shape index (κ3) is 4.18. The zero-order valence-corrected chi connectivity index (χ0v) is 10.1. The van der Waals surface area contributed by atoms with Crippen LogP contribution in [0, 0.1) is 0 Å². The van der Waals surface area contributed by atoms with Crippen LogP contribution in [0.3, 0.4) is 0 Å². The van der Waals surface area contributed by atoms with Crippen LogP contribution in [0.2, 0.25) is 0 Å². The third-order valence-electron chi connectivity index (χ3n) is 2.59. The first-order chi connectivity index (χ1) is 7.69. The summed E-state index contributed by atoms with van der Waals surface area (Å²) in [7, 11) is 0. The summed E-state index contributed by atoms with van der Waals surface area (Å²) >= 11 is 0. The Morgan fingerprint density at radius 2 is 1.94 bits per heavy atom. The molecule has 1 heterocycles. The summed E-state index contributed by atoms with van der Waals surface area (Å²) in [5.74, 6) is 0.208. The molecule has 1 unspecified atom stereocenters. The first-order valence-electron chi connectivity index (χ1n) is 5.97. The topological polar surface area (TPSA) is 61.2 Å². The van der Waals surface area contributed by atoms with Crippen molar-refractivity contribution in [2.45, 2.75) is 32.7 Å². The highest BCUT2D eigenvalue weighted by Gasteiger charge is 2.39. The molecule has 0 aromatic rings. The van der Waals surface area contributed by atoms with Crippen LogP contribution in [0.4, 0.5) is 0 Å². The lowest BCUT2D eigenvalue weighted by Crippen LogP contribution is -2.30. The number of amides is 2. The van der Waals surface area contributed by atoms with Gasteiger partial charge in [-0.2, -0.15) is 0 Å². The van der Waals surface area contributed by atoms with Crippen LogP contribution in [0.15, 0.2) is 0 Å². The van der Waals surface area contributed by atoms with Crippen molar-refractivity contribution in [2.75, 3.05) is 26.2 Å². The Morgan fingerprint density at radius 1 is 1.25 bits per heavy atom. The minimum Gasteiger partial charge on any atom is -0.356 e. The minimum absolute atomic E-state index is 0.0502. The Hall–Kier alpha value is -1.10. The van der Waals surface area contributed by atoms with Crippen LogP contribution in [0.5, 0.6) is 0 Å². The molecular weight excluding hydrogens is 206 g/mol. The third-order valence-corrected chi connectivity index (χ3v) is 2.59. The highest BCUT2D eigenvalue weighted by Crippen LogP contribution is 2.17. The van der Waals surface area contributed by atoms with Crippen molar-refractivity contribution >= 4 is 11.8 Å². The van der Waals surface area contributed by atoms with Gasteiger partial charge in [-0.3, -0.25) is 14.5 Å². The van der Waals surface area contributed by atoms with Crippen molar-refractivity contribution in [1.29, 1.82) is 0 Å². The fourth-order valence-corrected chi connectivity index (χ4v) is 1.69. The van der Waals surface area contributed by atoms with Gasteiger partial charge in [0.2, 0.25) is 11.8 Å². The van der Waals surface area contributed by atoms with Gasteiger partial charge in [-0.15, -0.1) is 0 Å². The van der Waals surface area contributed by atoms with Gasteiger partial charge < -0.3 is 10.6 Å². The SMILES string of the molecule is CCNC(=O)CCCN1C[C@@H]1C(=O)NCC. The molecule has 1 saturated heterocycles. The number of hydrogen-bond acceptors (Lipinski definition) is 3. The van der Waals surface area contributed by atoms with E-state index >= 15 is 0 Å². The highest BCUT2D eigenvalue weighted by molar-refractivity contribution is 5.84. The molecule has 0 aromatic carbocycles. The normalized spacial score (nSPS) is 22.6. The van der Waals surface area contributed by atoms with Crippen LogP contribution in [0.25, 0.3) is 0 Å². The van der Waals surface area contributed by atoms with Gasteiger partial charge in [-0.05, 0) is 26.8 Å². The summed E-state index contributed by atoms with van der Waals surface area (Å²) in [6.07, 6.45) is 1.37. The lowest BCUT2D eigenvalue weighted by Gasteiger charge is -2.04. The van der Waals surface area contributed by atoms with Gasteiger partial charge in [-0.25, -0.2) is 0 Å². The van der Waals surface area contributed by atoms with Crippen molar-refractivity contribution in [3.05, 3.63) is 0 Å². The first kappa shape index (κ1) is 13.0. The van der Waals surface area contributed by atoms with Crippen molar-refractivity contribution in [3.8, 4) is 0 Å². The smallest absolute Gasteiger partial charge is 0.238 e. The van der Waals surface area contributed by atoms with E-state index in [1.54, 1.807) is 0 Å². The lowest BCUT2D eigenvalue weighted by atomic mass is 10.3. The molecule has 1 aliphatic rings. The Balaban J connectivity index is 2.04. The van der Waals surface area contributed by atoms with E-state index in [-0.39, 0.29) is 17.9 Å². The van der Waals surface area contributed by atoms with Crippen molar-refractivity contribution < 1.29 is 9.59 Å². The molecule has 2 atom stereocenters. The number of rotatable bonds is 7. The van der Waals surface area contributed by atoms with Gasteiger partial charge in [0.15, 0.2) is 0 Å². The second-order valence-corrected chi connectivity index (χ2v) is 3.96. The van der Waals surface area contributed by atoms with E-state index in [0.29, 0.717) is 19.5 Å². The molecule has 1 fully saturated rings. The van der Waals surface area contributed by atoms with Gasteiger partial charge in [-0.1, -0.05) is 0 Å². The fourth-order valence-electron chi connectivity index (χ4n) is 1.69. The van der Waals surface area contributed by atoms with Gasteiger partial charge in [0.25, 0.3) is 0 Å². The molecular formula is C11H21N3O2. The van der Waals surface area contributed by atoms with E-state index in [9.17, 15) is 9.59 Å². The quantitative estimate of drug-likeness (QED) is 0.588. The summed E-state index contributed by atoms with van der Waals surface area (Å²) in [6.45, 7) is 6.86. The van der Waals surface area contributed by atoms with E-state index in [1.165, 1.54) is 0 Å². The van der Waals surface area contributed by atoms with E-state index < -0.39 is 0 Å². The van der Waals surface area contributed by atoms with Crippen molar-refractivity contribution in [2.24, 2.45) is 0 Å². The molecule has 1 aliphatic heterocycles. The van der Waals surface area contributed by atoms with Crippen LogP contribution in [-0.2, 0) is 9.59 Å². The Kier molecular flexibility index (Phi) is 5.25. The maximum atomic E-state index is 11.4. The Labute approximate surface area is 96.6 Å². The Bertz CT molecular complexity index is 256. The minimum atomic E-state index is 0.0502. The zero-order valence-electron chi connectivity index (χ0n) is 10.1. The number of carbonyl (C=O) groups is 2. The summed E-state index contributed by atoms with van der Waals surface area (Å²) in [4.78, 5) is 24.6. The molecule has 0 aliphatic carbocycles. The van der Waals surface area contributed by atoms with Crippen LogP contribution in [0.1, 0.15) is 26.7 Å². The molecule has 0 aromatic heterocycles. The summed E-state index contributed by atoms with van der Waals surface area (Å²) in [6, 6.07) is 0.0502. The largest absolute Gasteiger partial charge is 0.356 e. The van der Waals surface area contributed by atoms with Crippen LogP contribution < -0.4 is 10.6 Å². The number of likely N-dealkylation sites (N-methyl/N-ethyl adjacent to an activating group) is 1. The molecule has 1 rings (SSSR count). The number of nitrogens with one attached hydrogen (secondary N) is 2. The average Bonchev–Trinajstić information content (AvgIpc) is 2.98. The van der Waals surface area contributed by atoms with Crippen LogP contribution in [-0.4, -0.2) is 48.9 Å². The van der Waals surface area contributed by atoms with Crippen LogP contribution >= 0.6 is 0 Å². The van der Waals surface area contributed by atoms with E-state index in [4.69, 9.17) is 0 Å². The second-order valence-electron chi connectivity index (χ2n) is 3.96. The van der Waals surface area contributed by atoms with Gasteiger partial charge in [0.1, 0.15) is 6.04 Å². The summed E-state index contributed by atoms with van der Waals surface area (Å²) in [5.41, 5.74) is 0. The van der Waals surface area contributed by atoms with Gasteiger partial charge >= 0.3 is 0 Å². The standard InChI is InChI=1S/C11H21N3O2/c1-3-12-10(15)6-5-7-14-8-9(14)11(16)13-4-2/h9H,3-8H2,1-2H3,(H,12,15)(H,13,16)/t9-,14?/m1/s1. The van der Waals surface area contributed by atoms with E-state index in [2.05, 4.69) is 15.5 Å². The van der Waals surface area contributed by atoms with Gasteiger partial charge in [0, 0.05) is 26.1 Å². The maximum Gasteiger partial charge on any atom is 0.238 e. The zero-order chi connectivity index (χ0) is 12.0. The predicted molar refractivity (Wildman–Crippen MR) is 62.0 cm³/mol. The number of nitrogens with zero attached hydrogens (tertiary/aromatic N) is 1. The fraction of sp³-hybridized carbons (Fsp3) is 0.818. The van der Waals surface area contributed by atoms with Crippen molar-refractivity contribution in [1.82, 2.24) is 15.5 Å². The molecule has 2 N–H and O–H groups in total. The summed E-state index contributed by atoms with van der Waals surface area (Å²) in [5, 5.41) is 5.55. The first-order valence-corrected chi connectivity index (χ1v) is 5.97. The Morgan fingerprint density at radius 3 is 2.56 bits per heavy atom. The molecule has 92 valence electrons. The summed E-state index contributed by atoms with van der Waals surface area (Å²) < 4.78 is 0. The molecule has 0 spiro atoms. The lowest BCUT2D eigenvalue weighted by molar-refractivity contribution is -0.121. The molecule has 2 amide bonds. The van der Waals surface area contributed by atoms with Crippen molar-refractivity contribution in [3.63, 3.8) is 0 Å². The number of carbonyl (C=O) groups excluding carboxylic acids is 2. The molecule has 5 nitrogen and oxygen atoms in total. The number of hydrogen-bond donors (Lipinski definition) is 2. The molecule has 0 radical (unpaired) electrons. The second kappa shape index (κ2) is 6.48.